The first kappa shape index (κ1) is 31.6. The van der Waals surface area contributed by atoms with Crippen LogP contribution in [0.3, 0.4) is 0 Å². The molecule has 0 aliphatic heterocycles. The van der Waals surface area contributed by atoms with Crippen molar-refractivity contribution in [1.29, 1.82) is 0 Å². The molecule has 0 bridgehead atoms. The lowest BCUT2D eigenvalue weighted by molar-refractivity contribution is 1.08. The Labute approximate surface area is 328 Å². The zero-order valence-corrected chi connectivity index (χ0v) is 30.9. The molecule has 0 spiro atoms. The van der Waals surface area contributed by atoms with E-state index >= 15 is 0 Å². The van der Waals surface area contributed by atoms with Crippen LogP contribution in [0.1, 0.15) is 0 Å². The van der Waals surface area contributed by atoms with E-state index in [9.17, 15) is 0 Å². The van der Waals surface area contributed by atoms with Crippen LogP contribution in [0.15, 0.2) is 206 Å². The van der Waals surface area contributed by atoms with Gasteiger partial charge in [0, 0.05) is 49.3 Å². The van der Waals surface area contributed by atoms with E-state index in [1.165, 1.54) is 48.9 Å². The lowest BCUT2D eigenvalue weighted by Gasteiger charge is -2.15. The summed E-state index contributed by atoms with van der Waals surface area (Å²) >= 11 is 0. The molecule has 12 rings (SSSR count). The maximum absolute atomic E-state index is 5.54. The molecule has 4 heteroatoms. The lowest BCUT2D eigenvalue weighted by atomic mass is 10.0. The fraction of sp³-hybridized carbons (Fsp3) is 0. The fourth-order valence-corrected chi connectivity index (χ4v) is 9.15. The monoisotopic (exact) mass is 726 g/mol. The summed E-state index contributed by atoms with van der Waals surface area (Å²) in [5.41, 5.74) is 13.5. The zero-order valence-electron chi connectivity index (χ0n) is 30.9. The van der Waals surface area contributed by atoms with Gasteiger partial charge in [-0.1, -0.05) is 146 Å². The number of aromatic nitrogens is 4. The summed E-state index contributed by atoms with van der Waals surface area (Å²) in [6, 6.07) is 74.3. The van der Waals surface area contributed by atoms with Crippen molar-refractivity contribution in [2.75, 3.05) is 0 Å². The highest BCUT2D eigenvalue weighted by Gasteiger charge is 2.23. The second kappa shape index (κ2) is 12.4. The third-order valence-electron chi connectivity index (χ3n) is 11.6. The Balaban J connectivity index is 1.25. The Bertz CT molecular complexity index is 3390. The van der Waals surface area contributed by atoms with E-state index in [1.54, 1.807) is 0 Å². The number of pyridine rings is 1. The van der Waals surface area contributed by atoms with Gasteiger partial charge in [-0.3, -0.25) is 4.57 Å². The maximum atomic E-state index is 5.54. The highest BCUT2D eigenvalue weighted by atomic mass is 15.1. The van der Waals surface area contributed by atoms with Gasteiger partial charge in [0.2, 0.25) is 0 Å². The van der Waals surface area contributed by atoms with Gasteiger partial charge < -0.3 is 9.13 Å². The molecule has 0 aliphatic rings. The van der Waals surface area contributed by atoms with Crippen molar-refractivity contribution in [3.8, 4) is 39.6 Å². The molecule has 4 heterocycles. The fourth-order valence-electron chi connectivity index (χ4n) is 9.15. The van der Waals surface area contributed by atoms with Crippen LogP contribution in [0.2, 0.25) is 0 Å². The predicted octanol–water partition coefficient (Wildman–Crippen LogP) is 13.7. The SMILES string of the molecule is c1ccc(-c2cc(-c3ccccc3)nc(-n3c4ccc(-n5c6ccccc6c6ccccc65)cc4c4ccc5c6ccccc6n(-c6ccccc6)c5c43)c2)cc1. The Morgan fingerprint density at radius 1 is 0.281 bits per heavy atom. The van der Waals surface area contributed by atoms with E-state index < -0.39 is 0 Å². The Hall–Kier alpha value is -7.69. The zero-order chi connectivity index (χ0) is 37.5. The van der Waals surface area contributed by atoms with Crippen LogP contribution in [-0.2, 0) is 0 Å². The minimum Gasteiger partial charge on any atom is -0.309 e. The smallest absolute Gasteiger partial charge is 0.138 e. The van der Waals surface area contributed by atoms with Crippen LogP contribution in [0.4, 0.5) is 0 Å². The van der Waals surface area contributed by atoms with Crippen LogP contribution in [0.5, 0.6) is 0 Å². The molecule has 0 radical (unpaired) electrons. The van der Waals surface area contributed by atoms with E-state index in [4.69, 9.17) is 4.98 Å². The van der Waals surface area contributed by atoms with E-state index in [1.807, 2.05) is 0 Å². The quantitative estimate of drug-likeness (QED) is 0.174. The molecule has 0 amide bonds. The number of nitrogens with zero attached hydrogens (tertiary/aromatic N) is 4. The molecule has 57 heavy (non-hydrogen) atoms. The molecule has 0 N–H and O–H groups in total. The summed E-state index contributed by atoms with van der Waals surface area (Å²) in [4.78, 5) is 5.54. The molecular weight excluding hydrogens is 693 g/mol. The first-order valence-corrected chi connectivity index (χ1v) is 19.5. The van der Waals surface area contributed by atoms with E-state index in [0.29, 0.717) is 0 Å². The molecule has 12 aromatic rings. The van der Waals surface area contributed by atoms with Crippen molar-refractivity contribution in [3.05, 3.63) is 206 Å². The molecule has 8 aromatic carbocycles. The van der Waals surface area contributed by atoms with Crippen molar-refractivity contribution in [2.24, 2.45) is 0 Å². The first-order valence-electron chi connectivity index (χ1n) is 19.5. The van der Waals surface area contributed by atoms with E-state index in [0.717, 1.165) is 56.1 Å². The molecule has 0 fully saturated rings. The molecule has 4 aromatic heterocycles. The molecule has 4 nitrogen and oxygen atoms in total. The van der Waals surface area contributed by atoms with Crippen LogP contribution in [-0.4, -0.2) is 18.7 Å². The third-order valence-corrected chi connectivity index (χ3v) is 11.6. The van der Waals surface area contributed by atoms with Crippen molar-refractivity contribution in [3.63, 3.8) is 0 Å². The molecule has 0 saturated carbocycles. The minimum atomic E-state index is 0.872. The summed E-state index contributed by atoms with van der Waals surface area (Å²) in [6.45, 7) is 0. The Morgan fingerprint density at radius 3 is 1.42 bits per heavy atom. The number of para-hydroxylation sites is 4. The van der Waals surface area contributed by atoms with Crippen LogP contribution >= 0.6 is 0 Å². The summed E-state index contributed by atoms with van der Waals surface area (Å²) in [6.07, 6.45) is 0. The highest BCUT2D eigenvalue weighted by Crippen LogP contribution is 2.43. The molecule has 0 unspecified atom stereocenters. The summed E-state index contributed by atoms with van der Waals surface area (Å²) < 4.78 is 7.27. The van der Waals surface area contributed by atoms with Gasteiger partial charge in [0.1, 0.15) is 5.82 Å². The summed E-state index contributed by atoms with van der Waals surface area (Å²) in [7, 11) is 0. The number of benzene rings is 8. The topological polar surface area (TPSA) is 27.7 Å². The van der Waals surface area contributed by atoms with Crippen molar-refractivity contribution < 1.29 is 0 Å². The van der Waals surface area contributed by atoms with Gasteiger partial charge in [0.05, 0.1) is 38.8 Å². The molecule has 0 aliphatic carbocycles. The largest absolute Gasteiger partial charge is 0.309 e. The number of rotatable bonds is 5. The lowest BCUT2D eigenvalue weighted by Crippen LogP contribution is -2.02. The van der Waals surface area contributed by atoms with Gasteiger partial charge >= 0.3 is 0 Å². The number of hydrogen-bond donors (Lipinski definition) is 0. The van der Waals surface area contributed by atoms with Crippen LogP contribution in [0.25, 0.3) is 105 Å². The van der Waals surface area contributed by atoms with Crippen LogP contribution in [0, 0.1) is 0 Å². The van der Waals surface area contributed by atoms with Gasteiger partial charge in [0.25, 0.3) is 0 Å². The summed E-state index contributed by atoms with van der Waals surface area (Å²) in [5, 5.41) is 7.27. The normalized spacial score (nSPS) is 11.9. The molecule has 0 saturated heterocycles. The minimum absolute atomic E-state index is 0.872. The predicted molar refractivity (Wildman–Crippen MR) is 238 cm³/mol. The molecular formula is C53H34N4. The second-order valence-electron chi connectivity index (χ2n) is 14.8. The highest BCUT2D eigenvalue weighted by molar-refractivity contribution is 6.24. The standard InChI is InChI=1S/C53H34N4/c1-4-16-35(17-5-1)37-32-46(36-18-6-2-7-19-36)54-51(33-37)57-50-31-28-39(55-47-25-13-10-22-40(47)41-23-11-14-26-48(41)55)34-45(50)44-30-29-43-42-24-12-15-27-49(42)56(52(43)53(44)57)38-20-8-3-9-21-38/h1-34H. The first-order chi connectivity index (χ1) is 28.3. The second-order valence-corrected chi connectivity index (χ2v) is 14.8. The van der Waals surface area contributed by atoms with Gasteiger partial charge in [-0.2, -0.15) is 0 Å². The van der Waals surface area contributed by atoms with Crippen LogP contribution < -0.4 is 0 Å². The van der Waals surface area contributed by atoms with Gasteiger partial charge in [0.15, 0.2) is 0 Å². The van der Waals surface area contributed by atoms with Gasteiger partial charge in [-0.25, -0.2) is 4.98 Å². The van der Waals surface area contributed by atoms with Crippen molar-refractivity contribution >= 4 is 65.4 Å². The van der Waals surface area contributed by atoms with Gasteiger partial charge in [-0.05, 0) is 71.8 Å². The molecule has 266 valence electrons. The van der Waals surface area contributed by atoms with E-state index in [2.05, 4.69) is 220 Å². The summed E-state index contributed by atoms with van der Waals surface area (Å²) in [5.74, 6) is 0.872. The average molecular weight is 727 g/mol. The van der Waals surface area contributed by atoms with Gasteiger partial charge in [-0.15, -0.1) is 0 Å². The van der Waals surface area contributed by atoms with Crippen molar-refractivity contribution in [1.82, 2.24) is 18.7 Å². The maximum Gasteiger partial charge on any atom is 0.138 e. The van der Waals surface area contributed by atoms with Crippen molar-refractivity contribution in [2.45, 2.75) is 0 Å². The Morgan fingerprint density at radius 2 is 0.772 bits per heavy atom. The molecule has 0 atom stereocenters. The Kier molecular flexibility index (Phi) is 6.89. The third kappa shape index (κ3) is 4.77. The van der Waals surface area contributed by atoms with E-state index in [-0.39, 0.29) is 0 Å². The number of fused-ring (bicyclic) bond motifs is 10. The average Bonchev–Trinajstić information content (AvgIpc) is 3.93. The number of hydrogen-bond acceptors (Lipinski definition) is 1.